The van der Waals surface area contributed by atoms with Crippen LogP contribution in [0.5, 0.6) is 0 Å². The predicted octanol–water partition coefficient (Wildman–Crippen LogP) is 9.02. The standard InChI is InChI=1S/C20H19P.C7H9N.C6H7P.2ClH.H2N.Ru/c1-4-10-18(11-5-1)16-17-21(19-12-6-2-7-13-19)20-14-8-3-9-15-20;1-2-7-5-3-4-6-8-7;7-6-4-2-1-3-5-6;;;;/h1-15H,16-17H2;3-6H,2H2,1H3;1-5H,7H2;2*1H;1H2;/q;;;;;-1;+2/p-1. The Labute approximate surface area is 260 Å². The minimum absolute atomic E-state index is 0. The van der Waals surface area contributed by atoms with E-state index >= 15 is 0 Å². The maximum Gasteiger partial charge on any atom is 0.0967 e. The number of aryl methyl sites for hydroxylation is 2. The first-order chi connectivity index (χ1) is 19.2. The molecule has 4 aromatic carbocycles. The van der Waals surface area contributed by atoms with Gasteiger partial charge in [0.1, 0.15) is 0 Å². The molecule has 0 saturated heterocycles. The molecular formula is C33H38Cl2N2P2Ru. The molecule has 212 valence electrons. The van der Waals surface area contributed by atoms with Gasteiger partial charge in [-0.15, -0.1) is 9.24 Å². The summed E-state index contributed by atoms with van der Waals surface area (Å²) in [4.78, 5) is 4.10. The summed E-state index contributed by atoms with van der Waals surface area (Å²) in [5.74, 6) is 0. The molecule has 0 aliphatic rings. The van der Waals surface area contributed by atoms with Crippen LogP contribution in [0, 0.1) is 0 Å². The topological polar surface area (TPSA) is 46.4 Å². The molecule has 0 spiro atoms. The molecule has 2 N–H and O–H groups in total. The van der Waals surface area contributed by atoms with Gasteiger partial charge in [-0.05, 0) is 53.7 Å². The van der Waals surface area contributed by atoms with Crippen LogP contribution in [0.1, 0.15) is 18.2 Å². The van der Waals surface area contributed by atoms with Crippen LogP contribution in [-0.2, 0) is 28.0 Å². The molecule has 0 aliphatic carbocycles. The van der Waals surface area contributed by atoms with E-state index in [1.807, 2.05) is 54.7 Å². The molecular weight excluding hydrogens is 658 g/mol. The van der Waals surface area contributed by atoms with Crippen molar-refractivity contribution in [1.29, 1.82) is 0 Å². The largest absolute Gasteiger partial charge is 0.693 e. The fourth-order valence-corrected chi connectivity index (χ4v) is 6.57. The van der Waals surface area contributed by atoms with Crippen molar-refractivity contribution in [2.45, 2.75) is 19.8 Å². The fraction of sp³-hybridized carbons (Fsp3) is 0.121. The third kappa shape index (κ3) is 15.7. The van der Waals surface area contributed by atoms with E-state index in [9.17, 15) is 0 Å². The summed E-state index contributed by atoms with van der Waals surface area (Å²) in [5.41, 5.74) is 2.60. The summed E-state index contributed by atoms with van der Waals surface area (Å²) in [5, 5.41) is 4.25. The quantitative estimate of drug-likeness (QED) is 0.129. The Hall–Kier alpha value is -1.95. The number of rotatable bonds is 6. The van der Waals surface area contributed by atoms with Gasteiger partial charge in [0.15, 0.2) is 0 Å². The molecule has 5 rings (SSSR count). The second-order valence-electron chi connectivity index (χ2n) is 8.33. The van der Waals surface area contributed by atoms with Crippen LogP contribution in [0.3, 0.4) is 0 Å². The van der Waals surface area contributed by atoms with E-state index in [0.717, 1.165) is 18.5 Å². The summed E-state index contributed by atoms with van der Waals surface area (Å²) >= 11 is -0.346. The van der Waals surface area contributed by atoms with Crippen LogP contribution in [0.15, 0.2) is 146 Å². The predicted molar refractivity (Wildman–Crippen MR) is 182 cm³/mol. The first-order valence-electron chi connectivity index (χ1n) is 12.7. The maximum atomic E-state index is 4.85. The molecule has 2 nitrogen and oxygen atoms in total. The summed E-state index contributed by atoms with van der Waals surface area (Å²) in [6.45, 7) is 2.10. The van der Waals surface area contributed by atoms with Crippen molar-refractivity contribution in [3.63, 3.8) is 0 Å². The minimum atomic E-state index is -0.697. The maximum absolute atomic E-state index is 4.85. The van der Waals surface area contributed by atoms with Gasteiger partial charge >= 0.3 is 34.5 Å². The van der Waals surface area contributed by atoms with E-state index in [4.69, 9.17) is 19.4 Å². The minimum Gasteiger partial charge on any atom is -0.693 e. The first-order valence-corrected chi connectivity index (χ1v) is 19.5. The monoisotopic (exact) mass is 696 g/mol. The summed E-state index contributed by atoms with van der Waals surface area (Å²) in [7, 11) is 11.6. The molecule has 0 fully saturated rings. The Morgan fingerprint density at radius 1 is 0.650 bits per heavy atom. The summed E-state index contributed by atoms with van der Waals surface area (Å²) in [6.07, 6.45) is 5.24. The zero-order valence-electron chi connectivity index (χ0n) is 22.7. The number of aromatic nitrogens is 1. The van der Waals surface area contributed by atoms with Gasteiger partial charge in [0.05, 0.1) is 24.7 Å². The van der Waals surface area contributed by atoms with Crippen LogP contribution in [0.25, 0.3) is 6.15 Å². The van der Waals surface area contributed by atoms with Crippen molar-refractivity contribution in [2.24, 2.45) is 0 Å². The van der Waals surface area contributed by atoms with Gasteiger partial charge in [0, 0.05) is 18.3 Å². The van der Waals surface area contributed by atoms with Gasteiger partial charge in [-0.2, -0.15) is 0 Å². The van der Waals surface area contributed by atoms with E-state index < -0.39 is 7.92 Å². The summed E-state index contributed by atoms with van der Waals surface area (Å²) < 4.78 is 0. The van der Waals surface area contributed by atoms with Gasteiger partial charge < -0.3 is 6.15 Å². The van der Waals surface area contributed by atoms with Crippen molar-refractivity contribution < 1.29 is 15.1 Å². The van der Waals surface area contributed by atoms with Crippen LogP contribution >= 0.6 is 36.5 Å². The molecule has 40 heavy (non-hydrogen) atoms. The second kappa shape index (κ2) is 23.7. The SMILES string of the molecule is CCc1ccccn1.Pc1ccccc1.[Cl][Ru][Cl].[NH2-].c1ccc(CC[PH+](c2ccccc2)c2ccccc2)cc1. The number of benzene rings is 4. The van der Waals surface area contributed by atoms with E-state index in [1.54, 1.807) is 0 Å². The fourth-order valence-electron chi connectivity index (χ4n) is 3.71. The number of hydrogen-bond donors (Lipinski definition) is 0. The zero-order chi connectivity index (χ0) is 28.0. The molecule has 1 heterocycles. The van der Waals surface area contributed by atoms with Crippen LogP contribution < -0.4 is 15.9 Å². The second-order valence-corrected chi connectivity index (χ2v) is 14.2. The van der Waals surface area contributed by atoms with Crippen LogP contribution in [0.2, 0.25) is 0 Å². The van der Waals surface area contributed by atoms with Crippen molar-refractivity contribution in [2.75, 3.05) is 6.16 Å². The molecule has 0 bridgehead atoms. The normalized spacial score (nSPS) is 9.53. The van der Waals surface area contributed by atoms with Crippen molar-refractivity contribution >= 4 is 52.5 Å². The Balaban J connectivity index is 0.000000345. The molecule has 0 aliphatic heterocycles. The number of nitrogens with two attached hydrogens (primary N) is 1. The molecule has 0 radical (unpaired) electrons. The van der Waals surface area contributed by atoms with Gasteiger partial charge in [-0.1, -0.05) is 110 Å². The molecule has 5 aromatic rings. The van der Waals surface area contributed by atoms with E-state index in [-0.39, 0.29) is 21.3 Å². The molecule has 1 atom stereocenters. The van der Waals surface area contributed by atoms with E-state index in [2.05, 4.69) is 112 Å². The average molecular weight is 697 g/mol. The third-order valence-corrected chi connectivity index (χ3v) is 8.83. The Morgan fingerprint density at radius 3 is 1.43 bits per heavy atom. The zero-order valence-corrected chi connectivity index (χ0v) is 28.1. The van der Waals surface area contributed by atoms with E-state index in [0.29, 0.717) is 0 Å². The molecule has 0 amide bonds. The van der Waals surface area contributed by atoms with Crippen LogP contribution in [0.4, 0.5) is 0 Å². The summed E-state index contributed by atoms with van der Waals surface area (Å²) in [6, 6.07) is 48.9. The van der Waals surface area contributed by atoms with E-state index in [1.165, 1.54) is 27.6 Å². The number of nitrogens with zero attached hydrogens (tertiary/aromatic N) is 1. The van der Waals surface area contributed by atoms with Crippen molar-refractivity contribution in [3.05, 3.63) is 163 Å². The molecule has 0 saturated carbocycles. The van der Waals surface area contributed by atoms with Crippen LogP contribution in [-0.4, -0.2) is 11.1 Å². The average Bonchev–Trinajstić information content (AvgIpc) is 3.01. The van der Waals surface area contributed by atoms with Gasteiger partial charge in [-0.25, -0.2) is 0 Å². The number of hydrogen-bond acceptors (Lipinski definition) is 1. The number of halogens is 2. The van der Waals surface area contributed by atoms with Gasteiger partial charge in [-0.3, -0.25) is 4.98 Å². The Kier molecular flexibility index (Phi) is 21.4. The number of pyridine rings is 1. The van der Waals surface area contributed by atoms with Gasteiger partial charge in [0.2, 0.25) is 0 Å². The Bertz CT molecular complexity index is 1200. The van der Waals surface area contributed by atoms with Crippen molar-refractivity contribution in [3.8, 4) is 0 Å². The Morgan fingerprint density at radius 2 is 1.07 bits per heavy atom. The first kappa shape index (κ1) is 36.1. The van der Waals surface area contributed by atoms with Crippen molar-refractivity contribution in [1.82, 2.24) is 4.98 Å². The van der Waals surface area contributed by atoms with Gasteiger partial charge in [0.25, 0.3) is 0 Å². The third-order valence-electron chi connectivity index (χ3n) is 5.64. The molecule has 1 aromatic heterocycles. The molecule has 7 heteroatoms. The molecule has 1 unspecified atom stereocenters. The smallest absolute Gasteiger partial charge is 0.0967 e.